The summed E-state index contributed by atoms with van der Waals surface area (Å²) in [7, 11) is 1.69. The van der Waals surface area contributed by atoms with Gasteiger partial charge in [0.1, 0.15) is 5.75 Å². The number of carbonyl (C=O) groups excluding carboxylic acids is 1. The molecule has 0 spiro atoms. The molecule has 0 bridgehead atoms. The maximum absolute atomic E-state index is 11.7. The molecule has 1 N–H and O–H groups in total. The number of benzene rings is 2. The van der Waals surface area contributed by atoms with Gasteiger partial charge in [-0.05, 0) is 55.3 Å². The van der Waals surface area contributed by atoms with Gasteiger partial charge in [-0.2, -0.15) is 0 Å². The molecular formula is C22H23N3O3S. The van der Waals surface area contributed by atoms with Crippen molar-refractivity contribution in [3.05, 3.63) is 57.7 Å². The minimum absolute atomic E-state index is 0.0531. The number of thiazole rings is 1. The van der Waals surface area contributed by atoms with E-state index in [1.54, 1.807) is 18.4 Å². The molecule has 4 rings (SSSR count). The molecule has 0 saturated heterocycles. The third-order valence-corrected chi connectivity index (χ3v) is 5.52. The van der Waals surface area contributed by atoms with E-state index in [1.165, 1.54) is 11.1 Å². The predicted octanol–water partition coefficient (Wildman–Crippen LogP) is 4.04. The average Bonchev–Trinajstić information content (AvgIpc) is 3.07. The van der Waals surface area contributed by atoms with Gasteiger partial charge in [-0.25, -0.2) is 4.99 Å². The number of rotatable bonds is 5. The van der Waals surface area contributed by atoms with Crippen molar-refractivity contribution >= 4 is 28.6 Å². The largest absolute Gasteiger partial charge is 0.482 e. The standard InChI is InChI=1S/C22H23N3O3S/c1-14-8-15(2)10-17(9-14)23-22-25(6-7-27-3)19(13-29-22)16-4-5-20-18(11-16)24-21(26)12-28-20/h4-5,8-11,13H,6-7,12H2,1-3H3,(H,24,26). The van der Waals surface area contributed by atoms with Crippen molar-refractivity contribution in [3.63, 3.8) is 0 Å². The van der Waals surface area contributed by atoms with Crippen LogP contribution in [0.25, 0.3) is 11.3 Å². The Morgan fingerprint density at radius 2 is 2.00 bits per heavy atom. The van der Waals surface area contributed by atoms with Gasteiger partial charge in [0, 0.05) is 24.6 Å². The molecule has 29 heavy (non-hydrogen) atoms. The Balaban J connectivity index is 1.79. The highest BCUT2D eigenvalue weighted by atomic mass is 32.1. The van der Waals surface area contributed by atoms with E-state index in [4.69, 9.17) is 14.5 Å². The molecule has 150 valence electrons. The number of ether oxygens (including phenoxy) is 2. The lowest BCUT2D eigenvalue weighted by Crippen LogP contribution is -2.25. The van der Waals surface area contributed by atoms with Gasteiger partial charge in [0.25, 0.3) is 5.91 Å². The molecule has 2 aromatic carbocycles. The highest BCUT2D eigenvalue weighted by Crippen LogP contribution is 2.33. The molecule has 1 amide bonds. The number of nitrogens with one attached hydrogen (secondary N) is 1. The minimum atomic E-state index is -0.141. The number of hydrogen-bond donors (Lipinski definition) is 1. The van der Waals surface area contributed by atoms with Crippen LogP contribution in [-0.4, -0.2) is 30.8 Å². The van der Waals surface area contributed by atoms with E-state index in [0.717, 1.165) is 21.7 Å². The number of carbonyl (C=O) groups is 1. The van der Waals surface area contributed by atoms with Crippen molar-refractivity contribution in [2.75, 3.05) is 25.6 Å². The number of hydrogen-bond acceptors (Lipinski definition) is 5. The molecule has 0 saturated carbocycles. The summed E-state index contributed by atoms with van der Waals surface area (Å²) in [5.74, 6) is 0.546. The summed E-state index contributed by atoms with van der Waals surface area (Å²) in [4.78, 5) is 17.5. The van der Waals surface area contributed by atoms with Crippen LogP contribution in [0.1, 0.15) is 11.1 Å². The number of methoxy groups -OCH3 is 1. The minimum Gasteiger partial charge on any atom is -0.482 e. The topological polar surface area (TPSA) is 64.8 Å². The van der Waals surface area contributed by atoms with Crippen LogP contribution in [0.2, 0.25) is 0 Å². The summed E-state index contributed by atoms with van der Waals surface area (Å²) in [6, 6.07) is 12.1. The van der Waals surface area contributed by atoms with E-state index in [2.05, 4.69) is 47.3 Å². The maximum Gasteiger partial charge on any atom is 0.262 e. The highest BCUT2D eigenvalue weighted by Gasteiger charge is 2.17. The third kappa shape index (κ3) is 4.26. The zero-order chi connectivity index (χ0) is 20.4. The number of nitrogens with zero attached hydrogens (tertiary/aromatic N) is 2. The van der Waals surface area contributed by atoms with Gasteiger partial charge in [0.15, 0.2) is 11.4 Å². The van der Waals surface area contributed by atoms with Crippen LogP contribution in [0.4, 0.5) is 11.4 Å². The van der Waals surface area contributed by atoms with Crippen molar-refractivity contribution < 1.29 is 14.3 Å². The SMILES string of the molecule is COCCn1c(-c2ccc3c(c2)NC(=O)CO3)csc1=Nc1cc(C)cc(C)c1. The molecule has 0 fully saturated rings. The summed E-state index contributed by atoms with van der Waals surface area (Å²) in [5.41, 5.74) is 6.02. The first kappa shape index (κ1) is 19.4. The summed E-state index contributed by atoms with van der Waals surface area (Å²) in [6.07, 6.45) is 0. The zero-order valence-corrected chi connectivity index (χ0v) is 17.5. The molecule has 3 aromatic rings. The van der Waals surface area contributed by atoms with Crippen LogP contribution in [0.15, 0.2) is 46.8 Å². The van der Waals surface area contributed by atoms with Crippen LogP contribution in [0.3, 0.4) is 0 Å². The van der Waals surface area contributed by atoms with Crippen molar-refractivity contribution in [2.24, 2.45) is 4.99 Å². The monoisotopic (exact) mass is 409 g/mol. The van der Waals surface area contributed by atoms with Crippen LogP contribution >= 0.6 is 11.3 Å². The summed E-state index contributed by atoms with van der Waals surface area (Å²) in [5, 5.41) is 4.96. The van der Waals surface area contributed by atoms with Gasteiger partial charge in [0.2, 0.25) is 0 Å². The Morgan fingerprint density at radius 1 is 1.21 bits per heavy atom. The Bertz CT molecular complexity index is 1110. The maximum atomic E-state index is 11.7. The van der Waals surface area contributed by atoms with E-state index in [1.807, 2.05) is 18.2 Å². The fourth-order valence-electron chi connectivity index (χ4n) is 3.42. The highest BCUT2D eigenvalue weighted by molar-refractivity contribution is 7.07. The normalized spacial score (nSPS) is 13.8. The molecule has 1 aliphatic heterocycles. The molecule has 0 radical (unpaired) electrons. The number of aromatic nitrogens is 1. The number of anilines is 1. The number of amides is 1. The quantitative estimate of drug-likeness (QED) is 0.692. The second-order valence-corrected chi connectivity index (χ2v) is 7.89. The first-order valence-corrected chi connectivity index (χ1v) is 10.3. The van der Waals surface area contributed by atoms with E-state index < -0.39 is 0 Å². The molecule has 2 heterocycles. The predicted molar refractivity (Wildman–Crippen MR) is 115 cm³/mol. The van der Waals surface area contributed by atoms with Crippen LogP contribution in [0, 0.1) is 13.8 Å². The molecule has 1 aromatic heterocycles. The molecule has 0 aliphatic carbocycles. The lowest BCUT2D eigenvalue weighted by Gasteiger charge is -2.19. The van der Waals surface area contributed by atoms with Gasteiger partial charge >= 0.3 is 0 Å². The average molecular weight is 410 g/mol. The van der Waals surface area contributed by atoms with Crippen molar-refractivity contribution in [1.82, 2.24) is 4.57 Å². The Labute approximate surface area is 173 Å². The van der Waals surface area contributed by atoms with Crippen molar-refractivity contribution in [3.8, 4) is 17.0 Å². The van der Waals surface area contributed by atoms with Gasteiger partial charge in [-0.15, -0.1) is 11.3 Å². The summed E-state index contributed by atoms with van der Waals surface area (Å²) in [6.45, 7) is 5.47. The van der Waals surface area contributed by atoms with Crippen LogP contribution in [-0.2, 0) is 16.1 Å². The molecule has 0 unspecified atom stereocenters. The lowest BCUT2D eigenvalue weighted by atomic mass is 10.1. The smallest absolute Gasteiger partial charge is 0.262 e. The summed E-state index contributed by atoms with van der Waals surface area (Å²) < 4.78 is 12.9. The van der Waals surface area contributed by atoms with Gasteiger partial charge < -0.3 is 19.4 Å². The zero-order valence-electron chi connectivity index (χ0n) is 16.7. The number of aryl methyl sites for hydroxylation is 2. The fraction of sp³-hybridized carbons (Fsp3) is 0.273. The molecular weight excluding hydrogens is 386 g/mol. The third-order valence-electron chi connectivity index (χ3n) is 4.66. The van der Waals surface area contributed by atoms with E-state index in [9.17, 15) is 4.79 Å². The molecule has 7 heteroatoms. The first-order chi connectivity index (χ1) is 14.0. The molecule has 1 aliphatic rings. The van der Waals surface area contributed by atoms with E-state index in [0.29, 0.717) is 24.6 Å². The van der Waals surface area contributed by atoms with Crippen LogP contribution < -0.4 is 14.9 Å². The second-order valence-electron chi connectivity index (χ2n) is 7.05. The Kier molecular flexibility index (Phi) is 5.51. The van der Waals surface area contributed by atoms with Crippen LogP contribution in [0.5, 0.6) is 5.75 Å². The Hall–Kier alpha value is -2.90. The molecule has 6 nitrogen and oxygen atoms in total. The summed E-state index contributed by atoms with van der Waals surface area (Å²) >= 11 is 1.59. The Morgan fingerprint density at radius 3 is 2.76 bits per heavy atom. The first-order valence-electron chi connectivity index (χ1n) is 9.41. The number of fused-ring (bicyclic) bond motifs is 1. The van der Waals surface area contributed by atoms with E-state index in [-0.39, 0.29) is 12.5 Å². The fourth-order valence-corrected chi connectivity index (χ4v) is 4.37. The molecule has 0 atom stereocenters. The van der Waals surface area contributed by atoms with E-state index >= 15 is 0 Å². The van der Waals surface area contributed by atoms with Crippen molar-refractivity contribution in [1.29, 1.82) is 0 Å². The second kappa shape index (κ2) is 8.23. The van der Waals surface area contributed by atoms with Gasteiger partial charge in [-0.3, -0.25) is 4.79 Å². The lowest BCUT2D eigenvalue weighted by molar-refractivity contribution is -0.118. The van der Waals surface area contributed by atoms with Gasteiger partial charge in [0.05, 0.1) is 23.7 Å². The van der Waals surface area contributed by atoms with Gasteiger partial charge in [-0.1, -0.05) is 6.07 Å². The van der Waals surface area contributed by atoms with Crippen molar-refractivity contribution in [2.45, 2.75) is 20.4 Å².